The van der Waals surface area contributed by atoms with Gasteiger partial charge in [-0.25, -0.2) is 0 Å². The van der Waals surface area contributed by atoms with Crippen molar-refractivity contribution >= 4 is 29.1 Å². The molecule has 1 N–H and O–H groups in total. The van der Waals surface area contributed by atoms with E-state index in [1.54, 1.807) is 24.3 Å². The van der Waals surface area contributed by atoms with Crippen molar-refractivity contribution in [2.75, 3.05) is 10.2 Å². The number of nitrogens with one attached hydrogen (secondary N) is 1. The van der Waals surface area contributed by atoms with Crippen LogP contribution >= 0.6 is 0 Å². The van der Waals surface area contributed by atoms with Crippen LogP contribution in [0.25, 0.3) is 0 Å². The Morgan fingerprint density at radius 3 is 2.17 bits per heavy atom. The molecule has 148 valence electrons. The Labute approximate surface area is 170 Å². The summed E-state index contributed by atoms with van der Waals surface area (Å²) in [5.74, 6) is -0.0395. The van der Waals surface area contributed by atoms with E-state index in [4.69, 9.17) is 0 Å². The summed E-state index contributed by atoms with van der Waals surface area (Å²) in [6, 6.07) is 12.7. The van der Waals surface area contributed by atoms with Crippen molar-refractivity contribution in [3.05, 3.63) is 59.2 Å². The molecule has 0 unspecified atom stereocenters. The second-order valence-corrected chi connectivity index (χ2v) is 8.78. The maximum atomic E-state index is 13.0. The van der Waals surface area contributed by atoms with Gasteiger partial charge in [-0.05, 0) is 86.4 Å². The minimum Gasteiger partial charge on any atom is -0.322 e. The van der Waals surface area contributed by atoms with E-state index in [9.17, 15) is 14.4 Å². The smallest absolute Gasteiger partial charge is 0.255 e. The topological polar surface area (TPSA) is 66.5 Å². The highest BCUT2D eigenvalue weighted by Gasteiger charge is 2.61. The normalized spacial score (nSPS) is 27.4. The molecule has 4 atom stereocenters. The lowest BCUT2D eigenvalue weighted by atomic mass is 9.81. The molecule has 2 aliphatic carbocycles. The molecule has 1 heterocycles. The Morgan fingerprint density at radius 2 is 1.55 bits per heavy atom. The van der Waals surface area contributed by atoms with E-state index in [1.807, 2.05) is 32.0 Å². The van der Waals surface area contributed by atoms with Crippen molar-refractivity contribution in [1.82, 2.24) is 0 Å². The van der Waals surface area contributed by atoms with Gasteiger partial charge in [-0.15, -0.1) is 0 Å². The second-order valence-electron chi connectivity index (χ2n) is 8.78. The van der Waals surface area contributed by atoms with Crippen LogP contribution < -0.4 is 10.2 Å². The number of hydrogen-bond donors (Lipinski definition) is 1. The molecule has 2 saturated carbocycles. The molecule has 5 rings (SSSR count). The number of rotatable bonds is 3. The molecule has 3 fully saturated rings. The quantitative estimate of drug-likeness (QED) is 0.806. The zero-order valence-corrected chi connectivity index (χ0v) is 16.6. The van der Waals surface area contributed by atoms with Gasteiger partial charge in [-0.3, -0.25) is 19.3 Å². The first-order valence-corrected chi connectivity index (χ1v) is 10.3. The summed E-state index contributed by atoms with van der Waals surface area (Å²) in [5.41, 5.74) is 3.81. The molecule has 3 amide bonds. The average molecular weight is 388 g/mol. The summed E-state index contributed by atoms with van der Waals surface area (Å²) in [6.45, 7) is 3.97. The van der Waals surface area contributed by atoms with E-state index in [1.165, 1.54) is 4.90 Å². The van der Waals surface area contributed by atoms with Gasteiger partial charge >= 0.3 is 0 Å². The number of amides is 3. The van der Waals surface area contributed by atoms with Crippen molar-refractivity contribution in [1.29, 1.82) is 0 Å². The fourth-order valence-corrected chi connectivity index (χ4v) is 5.70. The molecule has 2 aromatic rings. The van der Waals surface area contributed by atoms with Crippen LogP contribution in [0.3, 0.4) is 0 Å². The van der Waals surface area contributed by atoms with Crippen molar-refractivity contribution in [3.8, 4) is 0 Å². The van der Waals surface area contributed by atoms with Gasteiger partial charge in [-0.1, -0.05) is 12.1 Å². The highest BCUT2D eigenvalue weighted by molar-refractivity contribution is 6.23. The summed E-state index contributed by atoms with van der Waals surface area (Å²) < 4.78 is 0. The van der Waals surface area contributed by atoms with Gasteiger partial charge < -0.3 is 5.32 Å². The summed E-state index contributed by atoms with van der Waals surface area (Å²) in [5, 5.41) is 2.92. The zero-order valence-electron chi connectivity index (χ0n) is 16.6. The number of aryl methyl sites for hydroxylation is 2. The zero-order chi connectivity index (χ0) is 20.3. The third-order valence-corrected chi connectivity index (χ3v) is 6.77. The predicted octanol–water partition coefficient (Wildman–Crippen LogP) is 4.09. The minimum atomic E-state index is -0.254. The SMILES string of the molecule is Cc1cc(C)cc(NC(=O)c2cccc(N3C(=O)[C@H]4[C@@H]5CC[C@@H](C5)[C@@H]4C3=O)c2)c1. The molecular weight excluding hydrogens is 364 g/mol. The molecule has 2 aromatic carbocycles. The van der Waals surface area contributed by atoms with Crippen molar-refractivity contribution in [3.63, 3.8) is 0 Å². The maximum absolute atomic E-state index is 13.0. The Kier molecular flexibility index (Phi) is 4.09. The molecule has 0 spiro atoms. The van der Waals surface area contributed by atoms with Crippen molar-refractivity contribution < 1.29 is 14.4 Å². The Morgan fingerprint density at radius 1 is 0.931 bits per heavy atom. The molecule has 5 nitrogen and oxygen atoms in total. The van der Waals surface area contributed by atoms with Crippen molar-refractivity contribution in [2.24, 2.45) is 23.7 Å². The fourth-order valence-electron chi connectivity index (χ4n) is 5.70. The van der Waals surface area contributed by atoms with Crippen LogP contribution in [0.2, 0.25) is 0 Å². The number of carbonyl (C=O) groups is 3. The second kappa shape index (κ2) is 6.55. The first-order valence-electron chi connectivity index (χ1n) is 10.3. The van der Waals surface area contributed by atoms with Crippen LogP contribution in [0.4, 0.5) is 11.4 Å². The van der Waals surface area contributed by atoms with E-state index < -0.39 is 0 Å². The van der Waals surface area contributed by atoms with Gasteiger partial charge in [0.1, 0.15) is 0 Å². The van der Waals surface area contributed by atoms with Gasteiger partial charge in [-0.2, -0.15) is 0 Å². The van der Waals surface area contributed by atoms with E-state index >= 15 is 0 Å². The van der Waals surface area contributed by atoms with Gasteiger partial charge in [0.25, 0.3) is 5.91 Å². The van der Waals surface area contributed by atoms with E-state index in [0.29, 0.717) is 23.1 Å². The number of fused-ring (bicyclic) bond motifs is 5. The predicted molar refractivity (Wildman–Crippen MR) is 111 cm³/mol. The molecular formula is C24H24N2O3. The molecule has 1 aliphatic heterocycles. The lowest BCUT2D eigenvalue weighted by Gasteiger charge is -2.19. The lowest BCUT2D eigenvalue weighted by molar-refractivity contribution is -0.123. The molecule has 3 aliphatic rings. The third kappa shape index (κ3) is 2.87. The van der Waals surface area contributed by atoms with E-state index in [-0.39, 0.29) is 29.6 Å². The first-order chi connectivity index (χ1) is 13.9. The van der Waals surface area contributed by atoms with Gasteiger partial charge in [0, 0.05) is 11.3 Å². The van der Waals surface area contributed by atoms with Crippen LogP contribution in [0.5, 0.6) is 0 Å². The van der Waals surface area contributed by atoms with Crippen LogP contribution in [-0.4, -0.2) is 17.7 Å². The summed E-state index contributed by atoms with van der Waals surface area (Å²) in [6.07, 6.45) is 3.12. The van der Waals surface area contributed by atoms with Gasteiger partial charge in [0.15, 0.2) is 0 Å². The largest absolute Gasteiger partial charge is 0.322 e. The molecule has 0 aromatic heterocycles. The average Bonchev–Trinajstić information content (AvgIpc) is 3.35. The standard InChI is InChI=1S/C24H24N2O3/c1-13-8-14(2)10-18(9-13)25-22(27)17-4-3-5-19(12-17)26-23(28)20-15-6-7-16(11-15)21(20)24(26)29/h3-5,8-10,12,15-16,20-21H,6-7,11H2,1-2H3,(H,25,27)/t15-,16+,20-,21-/m0/s1. The number of hydrogen-bond acceptors (Lipinski definition) is 3. The molecule has 2 bridgehead atoms. The molecule has 29 heavy (non-hydrogen) atoms. The van der Waals surface area contributed by atoms with Gasteiger partial charge in [0.05, 0.1) is 17.5 Å². The highest BCUT2D eigenvalue weighted by Crippen LogP contribution is 2.56. The van der Waals surface area contributed by atoms with Gasteiger partial charge in [0.2, 0.25) is 11.8 Å². The summed E-state index contributed by atoms with van der Waals surface area (Å²) in [7, 11) is 0. The molecule has 1 saturated heterocycles. The molecule has 5 heteroatoms. The minimum absolute atomic E-state index is 0.0842. The summed E-state index contributed by atoms with van der Waals surface area (Å²) in [4.78, 5) is 40.2. The number of anilines is 2. The number of nitrogens with zero attached hydrogens (tertiary/aromatic N) is 1. The summed E-state index contributed by atoms with van der Waals surface area (Å²) >= 11 is 0. The van der Waals surface area contributed by atoms with Crippen LogP contribution in [0.1, 0.15) is 40.7 Å². The van der Waals surface area contributed by atoms with Crippen LogP contribution in [-0.2, 0) is 9.59 Å². The van der Waals surface area contributed by atoms with Crippen LogP contribution in [0.15, 0.2) is 42.5 Å². The number of benzene rings is 2. The monoisotopic (exact) mass is 388 g/mol. The first kappa shape index (κ1) is 18.1. The number of imide groups is 1. The Bertz CT molecular complexity index is 996. The van der Waals surface area contributed by atoms with E-state index in [2.05, 4.69) is 5.32 Å². The van der Waals surface area contributed by atoms with Crippen molar-refractivity contribution in [2.45, 2.75) is 33.1 Å². The lowest BCUT2D eigenvalue weighted by Crippen LogP contribution is -2.33. The highest BCUT2D eigenvalue weighted by atomic mass is 16.2. The Hall–Kier alpha value is -2.95. The third-order valence-electron chi connectivity index (χ3n) is 6.77. The molecule has 0 radical (unpaired) electrons. The maximum Gasteiger partial charge on any atom is 0.255 e. The fraction of sp³-hybridized carbons (Fsp3) is 0.375. The number of carbonyl (C=O) groups excluding carboxylic acids is 3. The van der Waals surface area contributed by atoms with Crippen LogP contribution in [0, 0.1) is 37.5 Å². The van der Waals surface area contributed by atoms with E-state index in [0.717, 1.165) is 36.1 Å². The Balaban J connectivity index is 1.41.